The Morgan fingerprint density at radius 1 is 0.259 bits per heavy atom. The number of ether oxygens (including phenoxy) is 3. The first-order valence-corrected chi connectivity index (χ1v) is 32.6. The maximum absolute atomic E-state index is 12.9. The third-order valence-electron chi connectivity index (χ3n) is 13.2. The van der Waals surface area contributed by atoms with Crippen LogP contribution >= 0.6 is 0 Å². The zero-order valence-electron chi connectivity index (χ0n) is 52.0. The topological polar surface area (TPSA) is 78.9 Å². The molecule has 0 rings (SSSR count). The highest BCUT2D eigenvalue weighted by molar-refractivity contribution is 5.71. The van der Waals surface area contributed by atoms with Crippen molar-refractivity contribution < 1.29 is 28.6 Å². The van der Waals surface area contributed by atoms with Crippen LogP contribution < -0.4 is 0 Å². The van der Waals surface area contributed by atoms with Gasteiger partial charge in [0.25, 0.3) is 0 Å². The van der Waals surface area contributed by atoms with E-state index in [4.69, 9.17) is 14.2 Å². The Morgan fingerprint density at radius 2 is 0.481 bits per heavy atom. The van der Waals surface area contributed by atoms with Crippen LogP contribution in [0.1, 0.15) is 265 Å². The van der Waals surface area contributed by atoms with Crippen molar-refractivity contribution in [1.29, 1.82) is 0 Å². The summed E-state index contributed by atoms with van der Waals surface area (Å²) in [6.07, 6.45) is 99.2. The molecule has 1 unspecified atom stereocenters. The molecule has 0 saturated carbocycles. The van der Waals surface area contributed by atoms with Crippen molar-refractivity contribution in [2.24, 2.45) is 0 Å². The molecule has 0 aliphatic rings. The van der Waals surface area contributed by atoms with Gasteiger partial charge in [0.1, 0.15) is 13.2 Å². The molecule has 0 aromatic rings. The standard InChI is InChI=1S/C75H118O6/c1-4-7-10-13-16-19-22-25-28-31-33-34-35-36-37-38-39-40-42-44-47-50-53-56-59-62-65-68-74(77)80-71-72(70-79-73(76)67-64-61-58-55-52-49-46-43-30-27-24-21-18-15-12-9-6-3)81-75(78)69-66-63-60-57-54-51-48-45-41-32-29-26-23-20-17-14-11-8-5-2/h7,9-10,12,16-21,25-30,33-34,36-37,39-41,44-45,47,53,56,72H,4-6,8,11,13-15,22-24,31-32,35,38,42-43,46,48-52,54-55,57-71H2,1-3H3/b10-7-,12-9-,19-16-,20-17-,21-18-,28-25-,29-26-,30-27-,34-33-,37-36-,40-39-,45-41-,47-44-,56-53-. The molecule has 6 nitrogen and oxygen atoms in total. The van der Waals surface area contributed by atoms with E-state index in [9.17, 15) is 14.4 Å². The van der Waals surface area contributed by atoms with Crippen LogP contribution in [-0.2, 0) is 28.6 Å². The summed E-state index contributed by atoms with van der Waals surface area (Å²) in [6.45, 7) is 6.33. The maximum Gasteiger partial charge on any atom is 0.306 e. The number of carbonyl (C=O) groups is 3. The summed E-state index contributed by atoms with van der Waals surface area (Å²) in [5.41, 5.74) is 0. The summed E-state index contributed by atoms with van der Waals surface area (Å²) in [4.78, 5) is 38.4. The highest BCUT2D eigenvalue weighted by atomic mass is 16.6. The van der Waals surface area contributed by atoms with E-state index in [1.54, 1.807) is 0 Å². The van der Waals surface area contributed by atoms with Crippen LogP contribution in [0.5, 0.6) is 0 Å². The molecular formula is C75H118O6. The van der Waals surface area contributed by atoms with Crippen LogP contribution in [-0.4, -0.2) is 37.2 Å². The molecule has 0 bridgehead atoms. The fraction of sp³-hybridized carbons (Fsp3) is 0.587. The van der Waals surface area contributed by atoms with Crippen molar-refractivity contribution in [2.45, 2.75) is 271 Å². The average Bonchev–Trinajstić information content (AvgIpc) is 3.47. The fourth-order valence-electron chi connectivity index (χ4n) is 8.36. The minimum absolute atomic E-state index is 0.110. The molecular weight excluding hydrogens is 997 g/mol. The highest BCUT2D eigenvalue weighted by Crippen LogP contribution is 2.14. The van der Waals surface area contributed by atoms with E-state index in [-0.39, 0.29) is 37.5 Å². The second-order valence-corrected chi connectivity index (χ2v) is 20.9. The summed E-state index contributed by atoms with van der Waals surface area (Å²) in [6, 6.07) is 0. The maximum atomic E-state index is 12.9. The number of hydrogen-bond donors (Lipinski definition) is 0. The van der Waals surface area contributed by atoms with Crippen LogP contribution in [0.4, 0.5) is 0 Å². The number of hydrogen-bond acceptors (Lipinski definition) is 6. The first kappa shape index (κ1) is 75.8. The lowest BCUT2D eigenvalue weighted by atomic mass is 10.1. The Labute approximate surface area is 498 Å². The van der Waals surface area contributed by atoms with Gasteiger partial charge < -0.3 is 14.2 Å². The molecule has 0 aliphatic heterocycles. The molecule has 0 heterocycles. The van der Waals surface area contributed by atoms with Crippen LogP contribution in [0.3, 0.4) is 0 Å². The summed E-state index contributed by atoms with van der Waals surface area (Å²) in [5, 5.41) is 0. The third kappa shape index (κ3) is 65.5. The van der Waals surface area contributed by atoms with Gasteiger partial charge in [-0.15, -0.1) is 0 Å². The Hall–Kier alpha value is -5.23. The molecule has 0 N–H and O–H groups in total. The number of rotatable bonds is 57. The van der Waals surface area contributed by atoms with Crippen molar-refractivity contribution in [3.05, 3.63) is 170 Å². The van der Waals surface area contributed by atoms with Crippen LogP contribution in [0.25, 0.3) is 0 Å². The van der Waals surface area contributed by atoms with E-state index < -0.39 is 6.10 Å². The smallest absolute Gasteiger partial charge is 0.306 e. The largest absolute Gasteiger partial charge is 0.462 e. The molecule has 6 heteroatoms. The van der Waals surface area contributed by atoms with Crippen molar-refractivity contribution in [3.63, 3.8) is 0 Å². The van der Waals surface area contributed by atoms with Gasteiger partial charge >= 0.3 is 17.9 Å². The lowest BCUT2D eigenvalue weighted by Crippen LogP contribution is -2.30. The summed E-state index contributed by atoms with van der Waals surface area (Å²) >= 11 is 0. The molecule has 1 atom stereocenters. The quantitative estimate of drug-likeness (QED) is 0.0261. The van der Waals surface area contributed by atoms with Gasteiger partial charge in [0, 0.05) is 19.3 Å². The molecule has 0 fully saturated rings. The van der Waals surface area contributed by atoms with Gasteiger partial charge in [-0.1, -0.05) is 262 Å². The molecule has 0 radical (unpaired) electrons. The first-order chi connectivity index (χ1) is 40.0. The second-order valence-electron chi connectivity index (χ2n) is 20.9. The van der Waals surface area contributed by atoms with E-state index >= 15 is 0 Å². The van der Waals surface area contributed by atoms with Crippen LogP contribution in [0.2, 0.25) is 0 Å². The number of esters is 3. The van der Waals surface area contributed by atoms with Gasteiger partial charge in [-0.3, -0.25) is 14.4 Å². The number of unbranched alkanes of at least 4 members (excludes halogenated alkanes) is 18. The number of carbonyl (C=O) groups excluding carboxylic acids is 3. The molecule has 0 aliphatic carbocycles. The third-order valence-corrected chi connectivity index (χ3v) is 13.2. The zero-order chi connectivity index (χ0) is 58.5. The van der Waals surface area contributed by atoms with Crippen molar-refractivity contribution in [2.75, 3.05) is 13.2 Å². The van der Waals surface area contributed by atoms with E-state index in [1.165, 1.54) is 64.2 Å². The molecule has 0 saturated heterocycles. The summed E-state index contributed by atoms with van der Waals surface area (Å²) in [5.74, 6) is -0.981. The Kier molecular flexibility index (Phi) is 62.9. The molecule has 0 amide bonds. The minimum atomic E-state index is -0.819. The van der Waals surface area contributed by atoms with Gasteiger partial charge in [0.2, 0.25) is 0 Å². The molecule has 0 spiro atoms. The fourth-order valence-corrected chi connectivity index (χ4v) is 8.36. The van der Waals surface area contributed by atoms with Crippen molar-refractivity contribution >= 4 is 17.9 Å². The lowest BCUT2D eigenvalue weighted by Gasteiger charge is -2.18. The van der Waals surface area contributed by atoms with Crippen LogP contribution in [0.15, 0.2) is 170 Å². The predicted molar refractivity (Wildman–Crippen MR) is 352 cm³/mol. The minimum Gasteiger partial charge on any atom is -0.462 e. The lowest BCUT2D eigenvalue weighted by molar-refractivity contribution is -0.167. The van der Waals surface area contributed by atoms with E-state index in [0.29, 0.717) is 19.3 Å². The van der Waals surface area contributed by atoms with Gasteiger partial charge in [-0.25, -0.2) is 0 Å². The number of allylic oxidation sites excluding steroid dienone is 28. The van der Waals surface area contributed by atoms with Crippen LogP contribution in [0, 0.1) is 0 Å². The monoisotopic (exact) mass is 1110 g/mol. The van der Waals surface area contributed by atoms with Gasteiger partial charge in [0.15, 0.2) is 6.10 Å². The second kappa shape index (κ2) is 67.3. The van der Waals surface area contributed by atoms with E-state index in [1.807, 2.05) is 0 Å². The van der Waals surface area contributed by atoms with Crippen molar-refractivity contribution in [3.8, 4) is 0 Å². The average molecular weight is 1120 g/mol. The molecule has 0 aromatic carbocycles. The predicted octanol–water partition coefficient (Wildman–Crippen LogP) is 22.7. The summed E-state index contributed by atoms with van der Waals surface area (Å²) < 4.78 is 16.9. The van der Waals surface area contributed by atoms with Gasteiger partial charge in [-0.2, -0.15) is 0 Å². The SMILES string of the molecule is CC/C=C\C/C=C\C/C=C\C/C=C\C/C=C\C/C=C\C/C=C\C/C=C\CCCCC(=O)OCC(COC(=O)CCCCCCCCC/C=C\C/C=C\C/C=C\CC)OC(=O)CCCCCCCC/C=C\C/C=C\C/C=C\CCCCC. The van der Waals surface area contributed by atoms with Crippen molar-refractivity contribution in [1.82, 2.24) is 0 Å². The Morgan fingerprint density at radius 3 is 0.778 bits per heavy atom. The highest BCUT2D eigenvalue weighted by Gasteiger charge is 2.19. The summed E-state index contributed by atoms with van der Waals surface area (Å²) in [7, 11) is 0. The van der Waals surface area contributed by atoms with E-state index in [0.717, 1.165) is 154 Å². The van der Waals surface area contributed by atoms with E-state index in [2.05, 4.69) is 191 Å². The molecule has 81 heavy (non-hydrogen) atoms. The van der Waals surface area contributed by atoms with Gasteiger partial charge in [-0.05, 0) is 154 Å². The first-order valence-electron chi connectivity index (χ1n) is 32.6. The Bertz CT molecular complexity index is 1860. The molecule has 0 aromatic heterocycles. The zero-order valence-corrected chi connectivity index (χ0v) is 52.0. The van der Waals surface area contributed by atoms with Gasteiger partial charge in [0.05, 0.1) is 0 Å². The Balaban J connectivity index is 4.53. The normalized spacial score (nSPS) is 13.3. The molecule has 454 valence electrons.